The second-order valence-corrected chi connectivity index (χ2v) is 4.81. The number of aromatic nitrogens is 3. The van der Waals surface area contributed by atoms with Crippen LogP contribution >= 0.6 is 0 Å². The fourth-order valence-corrected chi connectivity index (χ4v) is 2.00. The predicted molar refractivity (Wildman–Crippen MR) is 72.2 cm³/mol. The maximum Gasteiger partial charge on any atom is 0.292 e. The van der Waals surface area contributed by atoms with Gasteiger partial charge in [-0.3, -0.25) is 0 Å². The molecule has 1 aromatic heterocycles. The Morgan fingerprint density at radius 2 is 2.00 bits per heavy atom. The predicted octanol–water partition coefficient (Wildman–Crippen LogP) is 2.87. The van der Waals surface area contributed by atoms with Crippen LogP contribution in [0, 0.1) is 0 Å². The fourth-order valence-electron chi connectivity index (χ4n) is 2.00. The molecule has 0 fully saturated rings. The summed E-state index contributed by atoms with van der Waals surface area (Å²) >= 11 is 0. The minimum Gasteiger partial charge on any atom is -0.323 e. The van der Waals surface area contributed by atoms with Crippen molar-refractivity contribution in [1.29, 1.82) is 0 Å². The molecule has 0 bridgehead atoms. The van der Waals surface area contributed by atoms with E-state index in [0.717, 1.165) is 17.5 Å². The molecule has 20 heavy (non-hydrogen) atoms. The summed E-state index contributed by atoms with van der Waals surface area (Å²) in [6.45, 7) is 1.47. The lowest BCUT2D eigenvalue weighted by Gasteiger charge is -2.16. The molecule has 1 heterocycles. The number of nitrogens with two attached hydrogens (primary N) is 1. The summed E-state index contributed by atoms with van der Waals surface area (Å²) in [5, 5.41) is 7.60. The molecule has 1 unspecified atom stereocenters. The quantitative estimate of drug-likeness (QED) is 0.885. The van der Waals surface area contributed by atoms with Crippen LogP contribution in [0.4, 0.5) is 8.78 Å². The van der Waals surface area contributed by atoms with Crippen LogP contribution in [0.25, 0.3) is 0 Å². The van der Waals surface area contributed by atoms with Gasteiger partial charge in [-0.25, -0.2) is 4.68 Å². The Labute approximate surface area is 116 Å². The molecule has 108 valence electrons. The van der Waals surface area contributed by atoms with Crippen molar-refractivity contribution < 1.29 is 8.78 Å². The first kappa shape index (κ1) is 14.6. The Hall–Kier alpha value is -1.82. The molecule has 0 aliphatic heterocycles. The maximum absolute atomic E-state index is 14.1. The number of benzene rings is 1. The van der Waals surface area contributed by atoms with Gasteiger partial charge in [-0.2, -0.15) is 8.78 Å². The highest BCUT2D eigenvalue weighted by Gasteiger charge is 2.32. The monoisotopic (exact) mass is 280 g/mol. The van der Waals surface area contributed by atoms with Gasteiger partial charge in [0.15, 0.2) is 0 Å². The van der Waals surface area contributed by atoms with Crippen LogP contribution in [-0.2, 0) is 12.5 Å². The van der Waals surface area contributed by atoms with Crippen molar-refractivity contribution in [3.63, 3.8) is 0 Å². The molecule has 0 aliphatic carbocycles. The van der Waals surface area contributed by atoms with Crippen LogP contribution in [-0.4, -0.2) is 15.0 Å². The average molecular weight is 280 g/mol. The Kier molecular flexibility index (Phi) is 4.44. The van der Waals surface area contributed by atoms with Gasteiger partial charge in [0.05, 0.1) is 17.9 Å². The molecule has 0 saturated carbocycles. The van der Waals surface area contributed by atoms with Gasteiger partial charge in [0, 0.05) is 5.56 Å². The van der Waals surface area contributed by atoms with Gasteiger partial charge in [-0.1, -0.05) is 48.9 Å². The van der Waals surface area contributed by atoms with Crippen molar-refractivity contribution in [3.8, 4) is 0 Å². The fraction of sp³-hybridized carbons (Fsp3) is 0.429. The largest absolute Gasteiger partial charge is 0.323 e. The van der Waals surface area contributed by atoms with Gasteiger partial charge in [0.25, 0.3) is 5.92 Å². The minimum absolute atomic E-state index is 0.0325. The Bertz CT molecular complexity index is 539. The van der Waals surface area contributed by atoms with E-state index in [0.29, 0.717) is 5.69 Å². The zero-order valence-corrected chi connectivity index (χ0v) is 11.3. The average Bonchev–Trinajstić information content (AvgIpc) is 2.88. The summed E-state index contributed by atoms with van der Waals surface area (Å²) in [7, 11) is 0. The maximum atomic E-state index is 14.1. The second-order valence-electron chi connectivity index (χ2n) is 4.81. The smallest absolute Gasteiger partial charge is 0.292 e. The van der Waals surface area contributed by atoms with E-state index in [1.807, 2.05) is 6.92 Å². The lowest BCUT2D eigenvalue weighted by Crippen LogP contribution is -2.21. The topological polar surface area (TPSA) is 56.7 Å². The molecule has 0 spiro atoms. The summed E-state index contributed by atoms with van der Waals surface area (Å²) < 4.78 is 29.3. The van der Waals surface area contributed by atoms with E-state index in [1.54, 1.807) is 18.2 Å². The van der Waals surface area contributed by atoms with Crippen LogP contribution in [0.2, 0.25) is 0 Å². The first-order chi connectivity index (χ1) is 9.53. The molecule has 0 aliphatic rings. The zero-order chi connectivity index (χ0) is 14.6. The van der Waals surface area contributed by atoms with Crippen molar-refractivity contribution in [2.75, 3.05) is 0 Å². The van der Waals surface area contributed by atoms with Crippen LogP contribution < -0.4 is 5.73 Å². The van der Waals surface area contributed by atoms with Crippen molar-refractivity contribution in [1.82, 2.24) is 15.0 Å². The van der Waals surface area contributed by atoms with Crippen molar-refractivity contribution in [3.05, 3.63) is 47.8 Å². The summed E-state index contributed by atoms with van der Waals surface area (Å²) in [6, 6.07) is 7.44. The molecule has 2 N–H and O–H groups in total. The zero-order valence-electron chi connectivity index (χ0n) is 11.3. The third-order valence-electron chi connectivity index (χ3n) is 3.09. The molecule has 0 amide bonds. The summed E-state index contributed by atoms with van der Waals surface area (Å²) in [5.41, 5.74) is 6.41. The molecule has 6 heteroatoms. The van der Waals surface area contributed by atoms with Crippen LogP contribution in [0.5, 0.6) is 0 Å². The number of rotatable bonds is 6. The van der Waals surface area contributed by atoms with Gasteiger partial charge in [0.2, 0.25) is 0 Å². The van der Waals surface area contributed by atoms with Gasteiger partial charge in [-0.05, 0) is 6.42 Å². The summed E-state index contributed by atoms with van der Waals surface area (Å²) in [4.78, 5) is 0. The first-order valence-corrected chi connectivity index (χ1v) is 6.62. The number of nitrogens with zero attached hydrogens (tertiary/aromatic N) is 3. The summed E-state index contributed by atoms with van der Waals surface area (Å²) in [6.07, 6.45) is 3.17. The van der Waals surface area contributed by atoms with E-state index in [2.05, 4.69) is 10.3 Å². The Morgan fingerprint density at radius 1 is 1.30 bits per heavy atom. The Balaban J connectivity index is 2.10. The van der Waals surface area contributed by atoms with E-state index in [9.17, 15) is 8.78 Å². The van der Waals surface area contributed by atoms with Gasteiger partial charge < -0.3 is 5.73 Å². The van der Waals surface area contributed by atoms with Crippen molar-refractivity contribution in [2.24, 2.45) is 5.73 Å². The van der Waals surface area contributed by atoms with E-state index in [1.165, 1.54) is 18.3 Å². The molecular formula is C14H18F2N4. The molecule has 1 atom stereocenters. The lowest BCUT2D eigenvalue weighted by atomic mass is 10.1. The molecule has 0 radical (unpaired) electrons. The van der Waals surface area contributed by atoms with E-state index in [-0.39, 0.29) is 11.6 Å². The van der Waals surface area contributed by atoms with E-state index in [4.69, 9.17) is 5.73 Å². The van der Waals surface area contributed by atoms with Gasteiger partial charge in [-0.15, -0.1) is 5.10 Å². The van der Waals surface area contributed by atoms with Crippen LogP contribution in [0.3, 0.4) is 0 Å². The SMILES string of the molecule is CCCC(N)c1cn(CC(F)(F)c2ccccc2)nn1. The van der Waals surface area contributed by atoms with Gasteiger partial charge in [0.1, 0.15) is 6.54 Å². The van der Waals surface area contributed by atoms with Gasteiger partial charge >= 0.3 is 0 Å². The number of alkyl halides is 2. The van der Waals surface area contributed by atoms with E-state index < -0.39 is 12.5 Å². The highest BCUT2D eigenvalue weighted by molar-refractivity contribution is 5.19. The number of hydrogen-bond donors (Lipinski definition) is 1. The van der Waals surface area contributed by atoms with Crippen LogP contribution in [0.15, 0.2) is 36.5 Å². The molecule has 1 aromatic carbocycles. The van der Waals surface area contributed by atoms with E-state index >= 15 is 0 Å². The lowest BCUT2D eigenvalue weighted by molar-refractivity contribution is -0.0258. The highest BCUT2D eigenvalue weighted by atomic mass is 19.3. The number of halogens is 2. The van der Waals surface area contributed by atoms with Crippen LogP contribution in [0.1, 0.15) is 37.1 Å². The third-order valence-corrected chi connectivity index (χ3v) is 3.09. The first-order valence-electron chi connectivity index (χ1n) is 6.62. The summed E-state index contributed by atoms with van der Waals surface area (Å²) in [5.74, 6) is -2.99. The normalized spacial score (nSPS) is 13.4. The van der Waals surface area contributed by atoms with Crippen molar-refractivity contribution >= 4 is 0 Å². The molecule has 0 saturated heterocycles. The molecule has 2 aromatic rings. The Morgan fingerprint density at radius 3 is 2.65 bits per heavy atom. The second kappa shape index (κ2) is 6.09. The van der Waals surface area contributed by atoms with Crippen molar-refractivity contribution in [2.45, 2.75) is 38.3 Å². The third kappa shape index (κ3) is 3.39. The molecule has 4 nitrogen and oxygen atoms in total. The minimum atomic E-state index is -2.99. The molecule has 2 rings (SSSR count). The highest BCUT2D eigenvalue weighted by Crippen LogP contribution is 2.29. The standard InChI is InChI=1S/C14H18F2N4/c1-2-6-12(17)13-9-20(19-18-13)10-14(15,16)11-7-4-3-5-8-11/h3-5,7-9,12H,2,6,10,17H2,1H3. The number of hydrogen-bond acceptors (Lipinski definition) is 3. The molecular weight excluding hydrogens is 262 g/mol.